The lowest BCUT2D eigenvalue weighted by Crippen LogP contribution is -2.34. The standard InChI is InChI=1S/C20H22N2OS2/c1-21-14-15(16-5-2-3-6-17(16)21)13-20(23)22-9-8-19(25-12-10-22)18-7-4-11-24-18/h2-7,11,14,19H,8-10,12-13H2,1H3/t19-/m0/s1. The van der Waals surface area contributed by atoms with Crippen molar-refractivity contribution in [2.24, 2.45) is 7.05 Å². The number of carbonyl (C=O) groups is 1. The number of hydrogen-bond acceptors (Lipinski definition) is 3. The van der Waals surface area contributed by atoms with Crippen LogP contribution in [0.5, 0.6) is 0 Å². The van der Waals surface area contributed by atoms with Gasteiger partial charge in [-0.05, 0) is 29.5 Å². The maximum absolute atomic E-state index is 12.9. The Morgan fingerprint density at radius 3 is 2.92 bits per heavy atom. The van der Waals surface area contributed by atoms with Crippen molar-refractivity contribution in [3.05, 3.63) is 58.4 Å². The molecule has 3 aromatic rings. The second kappa shape index (κ2) is 7.26. The average molecular weight is 371 g/mol. The Morgan fingerprint density at radius 1 is 1.20 bits per heavy atom. The Balaban J connectivity index is 1.46. The molecule has 5 heteroatoms. The number of thioether (sulfide) groups is 1. The van der Waals surface area contributed by atoms with E-state index in [1.807, 2.05) is 42.3 Å². The lowest BCUT2D eigenvalue weighted by Gasteiger charge is -2.20. The molecule has 1 amide bonds. The van der Waals surface area contributed by atoms with Gasteiger partial charge in [0.05, 0.1) is 6.42 Å². The summed E-state index contributed by atoms with van der Waals surface area (Å²) >= 11 is 3.82. The molecule has 0 bridgehead atoms. The van der Waals surface area contributed by atoms with Gasteiger partial charge >= 0.3 is 0 Å². The smallest absolute Gasteiger partial charge is 0.227 e. The second-order valence-electron chi connectivity index (χ2n) is 6.50. The molecule has 1 saturated heterocycles. The molecule has 0 N–H and O–H groups in total. The second-order valence-corrected chi connectivity index (χ2v) is 8.79. The molecular formula is C20H22N2OS2. The minimum Gasteiger partial charge on any atom is -0.350 e. The summed E-state index contributed by atoms with van der Waals surface area (Å²) in [6.07, 6.45) is 3.64. The summed E-state index contributed by atoms with van der Waals surface area (Å²) in [7, 11) is 2.05. The van der Waals surface area contributed by atoms with Crippen LogP contribution in [0.15, 0.2) is 48.0 Å². The number of hydrogen-bond donors (Lipinski definition) is 0. The number of benzene rings is 1. The zero-order valence-corrected chi connectivity index (χ0v) is 16.0. The van der Waals surface area contributed by atoms with Gasteiger partial charge in [0, 0.05) is 53.1 Å². The van der Waals surface area contributed by atoms with Crippen molar-refractivity contribution in [2.45, 2.75) is 18.1 Å². The number of amides is 1. The van der Waals surface area contributed by atoms with Gasteiger partial charge in [0.15, 0.2) is 0 Å². The number of para-hydroxylation sites is 1. The van der Waals surface area contributed by atoms with Crippen LogP contribution >= 0.6 is 23.1 Å². The van der Waals surface area contributed by atoms with Gasteiger partial charge in [0.25, 0.3) is 0 Å². The first-order valence-corrected chi connectivity index (χ1v) is 10.6. The Kier molecular flexibility index (Phi) is 4.86. The average Bonchev–Trinajstić information content (AvgIpc) is 3.18. The van der Waals surface area contributed by atoms with Crippen LogP contribution in [0.1, 0.15) is 22.1 Å². The predicted molar refractivity (Wildman–Crippen MR) is 107 cm³/mol. The third-order valence-corrected chi connectivity index (χ3v) is 7.32. The lowest BCUT2D eigenvalue weighted by molar-refractivity contribution is -0.130. The Hall–Kier alpha value is -1.72. The number of nitrogens with zero attached hydrogens (tertiary/aromatic N) is 2. The molecule has 1 atom stereocenters. The number of aromatic nitrogens is 1. The Labute approximate surface area is 156 Å². The van der Waals surface area contributed by atoms with Gasteiger partial charge in [-0.2, -0.15) is 11.8 Å². The van der Waals surface area contributed by atoms with Gasteiger partial charge in [-0.1, -0.05) is 24.3 Å². The molecule has 4 rings (SSSR count). The van der Waals surface area contributed by atoms with Crippen LogP contribution in [0.2, 0.25) is 0 Å². The van der Waals surface area contributed by atoms with Crippen molar-refractivity contribution in [1.29, 1.82) is 0 Å². The summed E-state index contributed by atoms with van der Waals surface area (Å²) in [6, 6.07) is 12.7. The monoisotopic (exact) mass is 370 g/mol. The number of aryl methyl sites for hydroxylation is 1. The molecule has 0 spiro atoms. The summed E-state index contributed by atoms with van der Waals surface area (Å²) in [5.41, 5.74) is 2.32. The van der Waals surface area contributed by atoms with E-state index in [4.69, 9.17) is 0 Å². The van der Waals surface area contributed by atoms with E-state index in [9.17, 15) is 4.79 Å². The van der Waals surface area contributed by atoms with E-state index >= 15 is 0 Å². The minimum absolute atomic E-state index is 0.254. The number of fused-ring (bicyclic) bond motifs is 1. The molecule has 3 nitrogen and oxygen atoms in total. The van der Waals surface area contributed by atoms with Gasteiger partial charge in [-0.15, -0.1) is 11.3 Å². The van der Waals surface area contributed by atoms with Crippen molar-refractivity contribution < 1.29 is 4.79 Å². The highest BCUT2D eigenvalue weighted by Crippen LogP contribution is 2.36. The van der Waals surface area contributed by atoms with Crippen molar-refractivity contribution in [1.82, 2.24) is 9.47 Å². The number of rotatable bonds is 3. The molecule has 0 aliphatic carbocycles. The maximum atomic E-state index is 12.9. The molecule has 0 saturated carbocycles. The maximum Gasteiger partial charge on any atom is 0.227 e. The summed E-state index contributed by atoms with van der Waals surface area (Å²) in [5.74, 6) is 1.27. The summed E-state index contributed by atoms with van der Waals surface area (Å²) in [5, 5.41) is 3.87. The van der Waals surface area contributed by atoms with Crippen LogP contribution in [0.3, 0.4) is 0 Å². The van der Waals surface area contributed by atoms with E-state index in [2.05, 4.69) is 45.3 Å². The first-order chi connectivity index (χ1) is 12.2. The number of carbonyl (C=O) groups excluding carboxylic acids is 1. The van der Waals surface area contributed by atoms with E-state index in [1.165, 1.54) is 15.8 Å². The molecule has 2 aromatic heterocycles. The van der Waals surface area contributed by atoms with E-state index in [0.717, 1.165) is 30.8 Å². The van der Waals surface area contributed by atoms with Crippen LogP contribution in [-0.2, 0) is 18.3 Å². The van der Waals surface area contributed by atoms with Crippen LogP contribution in [0.25, 0.3) is 10.9 Å². The molecule has 0 radical (unpaired) electrons. The molecule has 1 aromatic carbocycles. The van der Waals surface area contributed by atoms with Gasteiger partial charge in [-0.25, -0.2) is 0 Å². The molecular weight excluding hydrogens is 348 g/mol. The summed E-state index contributed by atoms with van der Waals surface area (Å²) in [6.45, 7) is 1.72. The third kappa shape index (κ3) is 3.48. The van der Waals surface area contributed by atoms with Gasteiger partial charge < -0.3 is 9.47 Å². The van der Waals surface area contributed by atoms with Crippen molar-refractivity contribution in [3.63, 3.8) is 0 Å². The fourth-order valence-electron chi connectivity index (χ4n) is 3.56. The largest absolute Gasteiger partial charge is 0.350 e. The van der Waals surface area contributed by atoms with Gasteiger partial charge in [-0.3, -0.25) is 4.79 Å². The van der Waals surface area contributed by atoms with Crippen LogP contribution in [0.4, 0.5) is 0 Å². The normalized spacial score (nSPS) is 18.4. The molecule has 3 heterocycles. The van der Waals surface area contributed by atoms with E-state index in [0.29, 0.717) is 11.7 Å². The predicted octanol–water partition coefficient (Wildman–Crippen LogP) is 4.49. The first kappa shape index (κ1) is 16.7. The Morgan fingerprint density at radius 2 is 2.08 bits per heavy atom. The minimum atomic E-state index is 0.254. The van der Waals surface area contributed by atoms with E-state index in [-0.39, 0.29) is 5.91 Å². The van der Waals surface area contributed by atoms with Gasteiger partial charge in [0.1, 0.15) is 0 Å². The SMILES string of the molecule is Cn1cc(CC(=O)N2CCS[C@H](c3cccs3)CC2)c2ccccc21. The van der Waals surface area contributed by atoms with Crippen LogP contribution in [0, 0.1) is 0 Å². The zero-order chi connectivity index (χ0) is 17.2. The molecule has 1 aliphatic rings. The van der Waals surface area contributed by atoms with Crippen LogP contribution < -0.4 is 0 Å². The number of thiophene rings is 1. The Bertz CT molecular complexity index is 869. The molecule has 1 fully saturated rings. The molecule has 130 valence electrons. The van der Waals surface area contributed by atoms with Crippen LogP contribution in [-0.4, -0.2) is 34.2 Å². The van der Waals surface area contributed by atoms with Crippen molar-refractivity contribution >= 4 is 39.9 Å². The molecule has 0 unspecified atom stereocenters. The highest BCUT2D eigenvalue weighted by atomic mass is 32.2. The topological polar surface area (TPSA) is 25.2 Å². The molecule has 25 heavy (non-hydrogen) atoms. The van der Waals surface area contributed by atoms with E-state index in [1.54, 1.807) is 0 Å². The highest BCUT2D eigenvalue weighted by molar-refractivity contribution is 7.99. The van der Waals surface area contributed by atoms with Gasteiger partial charge in [0.2, 0.25) is 5.91 Å². The van der Waals surface area contributed by atoms with E-state index < -0.39 is 0 Å². The quantitative estimate of drug-likeness (QED) is 0.679. The summed E-state index contributed by atoms with van der Waals surface area (Å²) < 4.78 is 2.11. The van der Waals surface area contributed by atoms with Crippen molar-refractivity contribution in [2.75, 3.05) is 18.8 Å². The summed E-state index contributed by atoms with van der Waals surface area (Å²) in [4.78, 5) is 16.4. The molecule has 1 aliphatic heterocycles. The zero-order valence-electron chi connectivity index (χ0n) is 14.4. The van der Waals surface area contributed by atoms with Crippen molar-refractivity contribution in [3.8, 4) is 0 Å². The first-order valence-electron chi connectivity index (χ1n) is 8.68. The third-order valence-electron chi connectivity index (χ3n) is 4.88. The lowest BCUT2D eigenvalue weighted by atomic mass is 10.1. The fourth-order valence-corrected chi connectivity index (χ4v) is 5.80. The highest BCUT2D eigenvalue weighted by Gasteiger charge is 2.23. The fraction of sp³-hybridized carbons (Fsp3) is 0.350.